The molecule has 0 heterocycles. The number of alkyl halides is 1. The first-order chi connectivity index (χ1) is 11.8. The minimum atomic E-state index is -1.08. The normalized spacial score (nSPS) is 48.0. The smallest absolute Gasteiger partial charge is 0.303 e. The molecule has 2 saturated carbocycles. The standard InChI is InChI=1S/C21H27FO3/c1-12(23)25-19-18(22)11-17-15-5-4-13-10-14(24)6-8-20(13,2)16(15)7-9-21(17,19)3/h6-8,10,14-15,17-19,24H,4-5,9,11H2,1-3H3/t14-,15+,17-,18+,19-,20-,21-/m0/s1. The molecule has 3 nitrogen and oxygen atoms in total. The zero-order valence-corrected chi connectivity index (χ0v) is 15.2. The van der Waals surface area contributed by atoms with Crippen LogP contribution in [0.2, 0.25) is 0 Å². The second-order valence-electron chi connectivity index (χ2n) is 8.65. The summed E-state index contributed by atoms with van der Waals surface area (Å²) in [4.78, 5) is 11.5. The first-order valence-electron chi connectivity index (χ1n) is 9.36. The van der Waals surface area contributed by atoms with E-state index in [-0.39, 0.29) is 16.7 Å². The van der Waals surface area contributed by atoms with Crippen LogP contribution in [0.5, 0.6) is 0 Å². The monoisotopic (exact) mass is 346 g/mol. The third kappa shape index (κ3) is 2.37. The Hall–Kier alpha value is -1.42. The largest absolute Gasteiger partial charge is 0.459 e. The van der Waals surface area contributed by atoms with Crippen LogP contribution in [0.1, 0.15) is 46.5 Å². The van der Waals surface area contributed by atoms with Crippen molar-refractivity contribution in [3.63, 3.8) is 0 Å². The van der Waals surface area contributed by atoms with Crippen LogP contribution in [-0.4, -0.2) is 29.5 Å². The molecular weight excluding hydrogens is 319 g/mol. The molecule has 7 atom stereocenters. The first-order valence-corrected chi connectivity index (χ1v) is 9.36. The van der Waals surface area contributed by atoms with Gasteiger partial charge in [0.05, 0.1) is 6.10 Å². The van der Waals surface area contributed by atoms with Crippen molar-refractivity contribution in [1.29, 1.82) is 0 Å². The number of hydrogen-bond acceptors (Lipinski definition) is 3. The highest BCUT2D eigenvalue weighted by atomic mass is 19.1. The van der Waals surface area contributed by atoms with E-state index in [0.717, 1.165) is 19.3 Å². The second-order valence-corrected chi connectivity index (χ2v) is 8.65. The zero-order valence-electron chi connectivity index (χ0n) is 15.2. The fourth-order valence-electron chi connectivity index (χ4n) is 5.96. The molecule has 4 rings (SSSR count). The van der Waals surface area contributed by atoms with E-state index in [9.17, 15) is 14.3 Å². The van der Waals surface area contributed by atoms with Crippen molar-refractivity contribution >= 4 is 5.97 Å². The van der Waals surface area contributed by atoms with Gasteiger partial charge in [-0.1, -0.05) is 42.4 Å². The Morgan fingerprint density at radius 3 is 2.88 bits per heavy atom. The lowest BCUT2D eigenvalue weighted by Crippen LogP contribution is -2.46. The lowest BCUT2D eigenvalue weighted by atomic mass is 9.53. The van der Waals surface area contributed by atoms with E-state index in [1.165, 1.54) is 18.1 Å². The van der Waals surface area contributed by atoms with Crippen LogP contribution in [0.25, 0.3) is 0 Å². The molecule has 4 aliphatic rings. The molecule has 4 heteroatoms. The van der Waals surface area contributed by atoms with Gasteiger partial charge < -0.3 is 9.84 Å². The Bertz CT molecular complexity index is 693. The zero-order chi connectivity index (χ0) is 18.0. The summed E-state index contributed by atoms with van der Waals surface area (Å²) in [5.74, 6) is 0.124. The van der Waals surface area contributed by atoms with E-state index in [0.29, 0.717) is 12.3 Å². The third-order valence-corrected chi connectivity index (χ3v) is 7.23. The Morgan fingerprint density at radius 2 is 2.16 bits per heavy atom. The number of ether oxygens (including phenoxy) is 1. The number of hydrogen-bond donors (Lipinski definition) is 1. The van der Waals surface area contributed by atoms with Crippen molar-refractivity contribution in [1.82, 2.24) is 0 Å². The fourth-order valence-corrected chi connectivity index (χ4v) is 5.96. The Labute approximate surface area is 148 Å². The number of aliphatic hydroxyl groups excluding tert-OH is 1. The number of esters is 1. The minimum absolute atomic E-state index is 0.158. The lowest BCUT2D eigenvalue weighted by Gasteiger charge is -2.52. The van der Waals surface area contributed by atoms with Crippen LogP contribution < -0.4 is 0 Å². The summed E-state index contributed by atoms with van der Waals surface area (Å²) in [5.41, 5.74) is 2.16. The van der Waals surface area contributed by atoms with Crippen molar-refractivity contribution in [3.8, 4) is 0 Å². The highest BCUT2D eigenvalue weighted by Gasteiger charge is 2.60. The maximum absolute atomic E-state index is 14.8. The van der Waals surface area contributed by atoms with Gasteiger partial charge in [-0.15, -0.1) is 0 Å². The molecule has 1 N–H and O–H groups in total. The maximum Gasteiger partial charge on any atom is 0.303 e. The second kappa shape index (κ2) is 5.54. The highest BCUT2D eigenvalue weighted by molar-refractivity contribution is 5.66. The quantitative estimate of drug-likeness (QED) is 0.579. The SMILES string of the molecule is CC(=O)O[C@H]1[C@H](F)C[C@H]2[C@@H]3CCC4=C[C@@H](O)C=C[C@]4(C)C3=CC[C@@]21C. The van der Waals surface area contributed by atoms with Crippen molar-refractivity contribution in [2.24, 2.45) is 22.7 Å². The molecule has 0 bridgehead atoms. The van der Waals surface area contributed by atoms with Crippen LogP contribution in [0.15, 0.2) is 35.5 Å². The van der Waals surface area contributed by atoms with Gasteiger partial charge in [-0.3, -0.25) is 4.79 Å². The minimum Gasteiger partial charge on any atom is -0.459 e. The van der Waals surface area contributed by atoms with E-state index in [1.54, 1.807) is 0 Å². The number of carbonyl (C=O) groups is 1. The molecule has 0 saturated heterocycles. The van der Waals surface area contributed by atoms with Gasteiger partial charge in [0, 0.05) is 17.8 Å². The van der Waals surface area contributed by atoms with Crippen molar-refractivity contribution in [2.45, 2.75) is 64.8 Å². The van der Waals surface area contributed by atoms with E-state index in [2.05, 4.69) is 26.0 Å². The molecule has 2 fully saturated rings. The van der Waals surface area contributed by atoms with Gasteiger partial charge in [0.25, 0.3) is 0 Å². The molecule has 0 unspecified atom stereocenters. The van der Waals surface area contributed by atoms with E-state index >= 15 is 0 Å². The number of halogens is 1. The average Bonchev–Trinajstić information content (AvgIpc) is 2.79. The van der Waals surface area contributed by atoms with Gasteiger partial charge in [0.1, 0.15) is 12.3 Å². The summed E-state index contributed by atoms with van der Waals surface area (Å²) < 4.78 is 20.2. The van der Waals surface area contributed by atoms with Crippen LogP contribution in [0.3, 0.4) is 0 Å². The van der Waals surface area contributed by atoms with Gasteiger partial charge in [-0.2, -0.15) is 0 Å². The summed E-state index contributed by atoms with van der Waals surface area (Å²) >= 11 is 0. The Kier molecular flexibility index (Phi) is 3.77. The Morgan fingerprint density at radius 1 is 1.40 bits per heavy atom. The van der Waals surface area contributed by atoms with E-state index in [1.807, 2.05) is 12.2 Å². The maximum atomic E-state index is 14.8. The molecule has 0 radical (unpaired) electrons. The summed E-state index contributed by atoms with van der Waals surface area (Å²) in [6.45, 7) is 5.67. The molecule has 0 spiro atoms. The van der Waals surface area contributed by atoms with Gasteiger partial charge in [0.2, 0.25) is 0 Å². The molecule has 0 amide bonds. The third-order valence-electron chi connectivity index (χ3n) is 7.23. The molecular formula is C21H27FO3. The summed E-state index contributed by atoms with van der Waals surface area (Å²) in [5, 5.41) is 9.92. The predicted molar refractivity (Wildman–Crippen MR) is 93.4 cm³/mol. The molecule has 0 aromatic carbocycles. The molecule has 0 aromatic rings. The summed E-state index contributed by atoms with van der Waals surface area (Å²) in [6, 6.07) is 0. The van der Waals surface area contributed by atoms with Crippen LogP contribution >= 0.6 is 0 Å². The van der Waals surface area contributed by atoms with Gasteiger partial charge in [-0.25, -0.2) is 4.39 Å². The number of aliphatic hydroxyl groups is 1. The van der Waals surface area contributed by atoms with E-state index < -0.39 is 24.3 Å². The molecule has 136 valence electrons. The van der Waals surface area contributed by atoms with Gasteiger partial charge >= 0.3 is 5.97 Å². The fraction of sp³-hybridized carbons (Fsp3) is 0.667. The predicted octanol–water partition coefficient (Wildman–Crippen LogP) is 3.89. The topological polar surface area (TPSA) is 46.5 Å². The molecule has 4 aliphatic carbocycles. The number of carbonyl (C=O) groups excluding carboxylic acids is 1. The number of allylic oxidation sites excluding steroid dienone is 4. The van der Waals surface area contributed by atoms with Crippen molar-refractivity contribution < 1.29 is 19.0 Å². The van der Waals surface area contributed by atoms with Crippen molar-refractivity contribution in [3.05, 3.63) is 35.5 Å². The number of fused-ring (bicyclic) bond motifs is 5. The molecule has 0 aliphatic heterocycles. The van der Waals surface area contributed by atoms with Crippen LogP contribution in [0, 0.1) is 22.7 Å². The van der Waals surface area contributed by atoms with Crippen LogP contribution in [0.4, 0.5) is 4.39 Å². The average molecular weight is 346 g/mol. The van der Waals surface area contributed by atoms with Crippen LogP contribution in [-0.2, 0) is 9.53 Å². The highest BCUT2D eigenvalue weighted by Crippen LogP contribution is 2.63. The van der Waals surface area contributed by atoms with Crippen molar-refractivity contribution in [2.75, 3.05) is 0 Å². The van der Waals surface area contributed by atoms with Gasteiger partial charge in [0.15, 0.2) is 0 Å². The molecule has 0 aromatic heterocycles. The number of rotatable bonds is 1. The summed E-state index contributed by atoms with van der Waals surface area (Å²) in [7, 11) is 0. The van der Waals surface area contributed by atoms with E-state index in [4.69, 9.17) is 4.74 Å². The summed E-state index contributed by atoms with van der Waals surface area (Å²) in [6.07, 6.45) is 9.12. The molecule has 25 heavy (non-hydrogen) atoms. The first kappa shape index (κ1) is 17.0. The lowest BCUT2D eigenvalue weighted by molar-refractivity contribution is -0.156. The Balaban J connectivity index is 1.71. The van der Waals surface area contributed by atoms with Gasteiger partial charge in [-0.05, 0) is 44.4 Å².